The number of hydrogen-bond acceptors (Lipinski definition) is 4. The molecule has 0 amide bonds. The fraction of sp³-hybridized carbons (Fsp3) is 1.00. The van der Waals surface area contributed by atoms with E-state index in [1.54, 1.807) is 0 Å². The highest BCUT2D eigenvalue weighted by Crippen LogP contribution is 2.78. The van der Waals surface area contributed by atoms with E-state index in [0.717, 1.165) is 0 Å². The first-order valence-corrected chi connectivity index (χ1v) is 8.06. The fourth-order valence-corrected chi connectivity index (χ4v) is 4.25. The SMILES string of the molecule is O=P1(OC(C(F)(F)F)C(F)(F)F)OC(C(F)(F)F)(C(F)(F)F)C(C(F)(F)F)(C(F)(F)F)O1. The van der Waals surface area contributed by atoms with Gasteiger partial charge in [0, 0.05) is 0 Å². The molecule has 1 heterocycles. The van der Waals surface area contributed by atoms with Crippen LogP contribution in [0.15, 0.2) is 0 Å². The van der Waals surface area contributed by atoms with Gasteiger partial charge in [-0.2, -0.15) is 79.0 Å². The first-order chi connectivity index (χ1) is 13.5. The highest BCUT2D eigenvalue weighted by Gasteiger charge is 3.01. The Morgan fingerprint density at radius 1 is 0.531 bits per heavy atom. The number of halogens is 18. The Kier molecular flexibility index (Phi) is 6.47. The second-order valence-corrected chi connectivity index (χ2v) is 7.02. The Hall–Kier alpha value is -1.15. The Morgan fingerprint density at radius 2 is 0.750 bits per heavy atom. The Balaban J connectivity index is 4.06. The first kappa shape index (κ1) is 28.9. The van der Waals surface area contributed by atoms with Crippen molar-refractivity contribution in [3.63, 3.8) is 0 Å². The molecule has 23 heteroatoms. The molecule has 0 saturated carbocycles. The van der Waals surface area contributed by atoms with Crippen LogP contribution in [0.1, 0.15) is 0 Å². The van der Waals surface area contributed by atoms with Gasteiger partial charge in [0.05, 0.1) is 0 Å². The van der Waals surface area contributed by atoms with Crippen LogP contribution in [0.3, 0.4) is 0 Å². The third-order valence-corrected chi connectivity index (χ3v) is 4.88. The lowest BCUT2D eigenvalue weighted by atomic mass is 9.79. The van der Waals surface area contributed by atoms with E-state index in [1.165, 1.54) is 0 Å². The van der Waals surface area contributed by atoms with Crippen LogP contribution in [0.2, 0.25) is 0 Å². The summed E-state index contributed by atoms with van der Waals surface area (Å²) in [5, 5.41) is 0. The molecule has 1 rings (SSSR count). The predicted octanol–water partition coefficient (Wildman–Crippen LogP) is 6.38. The molecular weight excluding hydrogens is 545 g/mol. The Bertz CT molecular complexity index is 663. The Labute approximate surface area is 161 Å². The molecule has 0 aromatic rings. The van der Waals surface area contributed by atoms with Crippen molar-refractivity contribution in [3.05, 3.63) is 0 Å². The molecule has 0 N–H and O–H groups in total. The maximum absolute atomic E-state index is 13.1. The molecule has 0 aliphatic carbocycles. The summed E-state index contributed by atoms with van der Waals surface area (Å²) < 4.78 is 250. The van der Waals surface area contributed by atoms with Crippen LogP contribution in [0.5, 0.6) is 0 Å². The molecule has 0 radical (unpaired) electrons. The highest BCUT2D eigenvalue weighted by molar-refractivity contribution is 7.48. The van der Waals surface area contributed by atoms with Gasteiger partial charge in [-0.1, -0.05) is 0 Å². The molecule has 1 aliphatic heterocycles. The molecule has 1 fully saturated rings. The molecule has 0 spiro atoms. The van der Waals surface area contributed by atoms with Crippen LogP contribution in [-0.2, 0) is 18.1 Å². The van der Waals surface area contributed by atoms with Gasteiger partial charge in [-0.05, 0) is 0 Å². The molecule has 192 valence electrons. The third kappa shape index (κ3) is 4.22. The molecule has 0 unspecified atom stereocenters. The third-order valence-electron chi connectivity index (χ3n) is 3.42. The smallest absolute Gasteiger partial charge is 0.264 e. The summed E-state index contributed by atoms with van der Waals surface area (Å²) in [6, 6.07) is 0. The molecule has 1 saturated heterocycles. The van der Waals surface area contributed by atoms with Crippen molar-refractivity contribution in [3.8, 4) is 0 Å². The molecule has 4 nitrogen and oxygen atoms in total. The topological polar surface area (TPSA) is 44.8 Å². The lowest BCUT2D eigenvalue weighted by Gasteiger charge is -2.44. The summed E-state index contributed by atoms with van der Waals surface area (Å²) in [6.07, 6.45) is -51.9. The van der Waals surface area contributed by atoms with Gasteiger partial charge >= 0.3 is 56.1 Å². The number of phosphoric ester groups is 1. The van der Waals surface area contributed by atoms with Crippen molar-refractivity contribution in [2.75, 3.05) is 0 Å². The van der Waals surface area contributed by atoms with Gasteiger partial charge in [-0.25, -0.2) is 4.57 Å². The first-order valence-electron chi connectivity index (χ1n) is 6.60. The quantitative estimate of drug-likeness (QED) is 0.298. The average Bonchev–Trinajstić information content (AvgIpc) is 2.74. The molecule has 1 aliphatic rings. The molecule has 32 heavy (non-hydrogen) atoms. The second-order valence-electron chi connectivity index (χ2n) is 5.55. The van der Waals surface area contributed by atoms with Crippen LogP contribution in [0.25, 0.3) is 0 Å². The number of hydrogen-bond donors (Lipinski definition) is 0. The molecular formula is C9HF18O4P. The standard InChI is InChI=1S/C9HF18O4P/c10-2(11,12)1(3(13,14)15)29-32(28)30-4(6(16,17)18,7(19,20)21)5(31-32,8(22,23)24)9(25,26)27/h1H. The summed E-state index contributed by atoms with van der Waals surface area (Å²) in [4.78, 5) is 0. The van der Waals surface area contributed by atoms with E-state index in [9.17, 15) is 83.6 Å². The van der Waals surface area contributed by atoms with Crippen molar-refractivity contribution in [1.82, 2.24) is 0 Å². The van der Waals surface area contributed by atoms with Gasteiger partial charge in [-0.15, -0.1) is 0 Å². The van der Waals surface area contributed by atoms with Gasteiger partial charge in [0.25, 0.3) is 6.10 Å². The zero-order valence-corrected chi connectivity index (χ0v) is 14.4. The van der Waals surface area contributed by atoms with Gasteiger partial charge in [-0.3, -0.25) is 13.6 Å². The minimum Gasteiger partial charge on any atom is -0.264 e. The summed E-state index contributed by atoms with van der Waals surface area (Å²) >= 11 is 0. The summed E-state index contributed by atoms with van der Waals surface area (Å²) in [5.41, 5.74) is -15.7. The Morgan fingerprint density at radius 3 is 0.906 bits per heavy atom. The maximum Gasteiger partial charge on any atom is 0.478 e. The molecule has 0 atom stereocenters. The molecule has 0 bridgehead atoms. The molecule has 0 aromatic carbocycles. The zero-order chi connectivity index (χ0) is 26.2. The summed E-state index contributed by atoms with van der Waals surface area (Å²) in [6.45, 7) is 0. The van der Waals surface area contributed by atoms with Crippen molar-refractivity contribution >= 4 is 7.82 Å². The van der Waals surface area contributed by atoms with Gasteiger partial charge in [0.15, 0.2) is 0 Å². The van der Waals surface area contributed by atoms with E-state index in [2.05, 4.69) is 13.6 Å². The van der Waals surface area contributed by atoms with Crippen LogP contribution in [-0.4, -0.2) is 54.4 Å². The van der Waals surface area contributed by atoms with E-state index in [-0.39, 0.29) is 0 Å². The fourth-order valence-electron chi connectivity index (χ4n) is 2.29. The van der Waals surface area contributed by atoms with Crippen LogP contribution >= 0.6 is 7.82 Å². The van der Waals surface area contributed by atoms with Crippen LogP contribution in [0.4, 0.5) is 79.0 Å². The van der Waals surface area contributed by atoms with Crippen LogP contribution < -0.4 is 0 Å². The molecule has 0 aromatic heterocycles. The van der Waals surface area contributed by atoms with Crippen molar-refractivity contribution in [1.29, 1.82) is 0 Å². The lowest BCUT2D eigenvalue weighted by Crippen LogP contribution is -2.79. The van der Waals surface area contributed by atoms with Crippen molar-refractivity contribution in [2.24, 2.45) is 0 Å². The largest absolute Gasteiger partial charge is 0.478 e. The monoisotopic (exact) mass is 546 g/mol. The number of rotatable bonds is 2. The zero-order valence-electron chi connectivity index (χ0n) is 13.5. The van der Waals surface area contributed by atoms with Crippen LogP contribution in [0, 0.1) is 0 Å². The number of phosphoric acid groups is 1. The maximum atomic E-state index is 13.1. The highest BCUT2D eigenvalue weighted by atomic mass is 31.2. The van der Waals surface area contributed by atoms with Crippen molar-refractivity contribution < 1.29 is 97.2 Å². The van der Waals surface area contributed by atoms with E-state index >= 15 is 0 Å². The lowest BCUT2D eigenvalue weighted by molar-refractivity contribution is -0.464. The summed E-state index contributed by atoms with van der Waals surface area (Å²) in [5.74, 6) is 0. The minimum absolute atomic E-state index is 2.18. The normalized spacial score (nSPS) is 22.5. The van der Waals surface area contributed by atoms with E-state index in [0.29, 0.717) is 0 Å². The average molecular weight is 546 g/mol. The predicted molar refractivity (Wildman–Crippen MR) is 56.4 cm³/mol. The summed E-state index contributed by atoms with van der Waals surface area (Å²) in [7, 11) is -8.27. The van der Waals surface area contributed by atoms with E-state index in [1.807, 2.05) is 0 Å². The van der Waals surface area contributed by atoms with Gasteiger partial charge in [0.2, 0.25) is 0 Å². The second kappa shape index (κ2) is 7.17. The number of alkyl halides is 18. The van der Waals surface area contributed by atoms with E-state index < -0.39 is 62.2 Å². The van der Waals surface area contributed by atoms with Gasteiger partial charge in [0.1, 0.15) is 0 Å². The van der Waals surface area contributed by atoms with Crippen molar-refractivity contribution in [2.45, 2.75) is 54.4 Å². The van der Waals surface area contributed by atoms with Gasteiger partial charge < -0.3 is 0 Å². The minimum atomic E-state index is -8.27. The van der Waals surface area contributed by atoms with E-state index in [4.69, 9.17) is 0 Å².